The summed E-state index contributed by atoms with van der Waals surface area (Å²) in [6.07, 6.45) is 0. The lowest BCUT2D eigenvalue weighted by molar-refractivity contribution is 0.344. The highest BCUT2D eigenvalue weighted by Crippen LogP contribution is 2.18. The van der Waals surface area contributed by atoms with Crippen LogP contribution < -0.4 is 16.2 Å². The van der Waals surface area contributed by atoms with Crippen LogP contribution in [0.25, 0.3) is 0 Å². The minimum atomic E-state index is -0.179. The van der Waals surface area contributed by atoms with E-state index in [2.05, 4.69) is 10.2 Å². The first-order valence-corrected chi connectivity index (χ1v) is 7.34. The molecule has 0 aliphatic rings. The molecule has 0 aliphatic carbocycles. The van der Waals surface area contributed by atoms with Crippen LogP contribution in [0.2, 0.25) is 0 Å². The van der Waals surface area contributed by atoms with Crippen molar-refractivity contribution in [3.05, 3.63) is 34.7 Å². The molecule has 20 heavy (non-hydrogen) atoms. The molecule has 1 heterocycles. The molecule has 0 amide bonds. The largest absolute Gasteiger partial charge is 0.493 e. The molecular weight excluding hydrogens is 276 g/mol. The maximum absolute atomic E-state index is 11.6. The Balaban J connectivity index is 1.84. The van der Waals surface area contributed by atoms with Gasteiger partial charge in [-0.05, 0) is 38.1 Å². The van der Waals surface area contributed by atoms with Crippen molar-refractivity contribution in [1.82, 2.24) is 14.8 Å². The second-order valence-electron chi connectivity index (χ2n) is 4.54. The number of anilines is 1. The summed E-state index contributed by atoms with van der Waals surface area (Å²) in [4.78, 5) is 11.6. The van der Waals surface area contributed by atoms with Crippen LogP contribution in [0.5, 0.6) is 5.75 Å². The van der Waals surface area contributed by atoms with E-state index < -0.39 is 0 Å². The first-order chi connectivity index (χ1) is 9.58. The van der Waals surface area contributed by atoms with Gasteiger partial charge < -0.3 is 10.5 Å². The van der Waals surface area contributed by atoms with Crippen LogP contribution in [0.4, 0.5) is 5.69 Å². The molecule has 2 aromatic rings. The van der Waals surface area contributed by atoms with Crippen molar-refractivity contribution in [2.45, 2.75) is 25.0 Å². The molecular formula is C13H18N4O2S. The number of nitrogens with zero attached hydrogens (tertiary/aromatic N) is 2. The zero-order chi connectivity index (χ0) is 14.5. The van der Waals surface area contributed by atoms with E-state index in [1.165, 1.54) is 11.8 Å². The Bertz CT molecular complexity index is 604. The molecule has 3 N–H and O–H groups in total. The van der Waals surface area contributed by atoms with Gasteiger partial charge in [0.1, 0.15) is 5.75 Å². The second-order valence-corrected chi connectivity index (χ2v) is 5.60. The molecule has 0 saturated carbocycles. The predicted octanol–water partition coefficient (Wildman–Crippen LogP) is 1.91. The highest BCUT2D eigenvalue weighted by Gasteiger charge is 2.11. The number of nitrogens with one attached hydrogen (secondary N) is 1. The minimum Gasteiger partial charge on any atom is -0.493 e. The molecule has 0 aliphatic heterocycles. The maximum Gasteiger partial charge on any atom is 0.344 e. The van der Waals surface area contributed by atoms with E-state index in [4.69, 9.17) is 10.5 Å². The van der Waals surface area contributed by atoms with Crippen molar-refractivity contribution < 1.29 is 4.74 Å². The smallest absolute Gasteiger partial charge is 0.344 e. The highest BCUT2D eigenvalue weighted by atomic mass is 32.2. The second kappa shape index (κ2) is 6.51. The predicted molar refractivity (Wildman–Crippen MR) is 80.3 cm³/mol. The van der Waals surface area contributed by atoms with Gasteiger partial charge in [0.05, 0.1) is 6.61 Å². The highest BCUT2D eigenvalue weighted by molar-refractivity contribution is 7.99. The summed E-state index contributed by atoms with van der Waals surface area (Å²) in [6, 6.07) is 7.35. The van der Waals surface area contributed by atoms with Crippen LogP contribution in [-0.4, -0.2) is 27.1 Å². The number of nitrogens with two attached hydrogens (primary N) is 1. The first kappa shape index (κ1) is 14.5. The van der Waals surface area contributed by atoms with Gasteiger partial charge in [0.25, 0.3) is 0 Å². The van der Waals surface area contributed by atoms with Crippen LogP contribution in [0.15, 0.2) is 34.2 Å². The number of H-pyrrole nitrogens is 1. The fourth-order valence-electron chi connectivity index (χ4n) is 1.70. The monoisotopic (exact) mass is 294 g/mol. The van der Waals surface area contributed by atoms with E-state index in [-0.39, 0.29) is 11.7 Å². The molecule has 0 bridgehead atoms. The van der Waals surface area contributed by atoms with Gasteiger partial charge in [-0.25, -0.2) is 9.89 Å². The third-order valence-electron chi connectivity index (χ3n) is 2.65. The maximum atomic E-state index is 11.6. The van der Waals surface area contributed by atoms with Crippen molar-refractivity contribution in [3.8, 4) is 5.75 Å². The van der Waals surface area contributed by atoms with Crippen LogP contribution in [-0.2, 0) is 0 Å². The lowest BCUT2D eigenvalue weighted by atomic mass is 10.3. The van der Waals surface area contributed by atoms with E-state index >= 15 is 0 Å². The van der Waals surface area contributed by atoms with Crippen LogP contribution in [0.3, 0.4) is 0 Å². The van der Waals surface area contributed by atoms with Gasteiger partial charge in [-0.15, -0.1) is 5.10 Å². The molecule has 1 aromatic heterocycles. The van der Waals surface area contributed by atoms with Gasteiger partial charge in [0, 0.05) is 17.5 Å². The van der Waals surface area contributed by atoms with Gasteiger partial charge in [-0.1, -0.05) is 11.8 Å². The summed E-state index contributed by atoms with van der Waals surface area (Å²) in [7, 11) is 0. The van der Waals surface area contributed by atoms with Crippen molar-refractivity contribution in [2.24, 2.45) is 0 Å². The van der Waals surface area contributed by atoms with Crippen molar-refractivity contribution in [1.29, 1.82) is 0 Å². The Morgan fingerprint density at radius 1 is 1.40 bits per heavy atom. The number of nitrogen functional groups attached to an aromatic ring is 1. The summed E-state index contributed by atoms with van der Waals surface area (Å²) in [5.74, 6) is 1.49. The SMILES string of the molecule is CC(C)n1c(SCCOc2ccc(N)cc2)n[nH]c1=O. The molecule has 1 aromatic carbocycles. The summed E-state index contributed by atoms with van der Waals surface area (Å²) < 4.78 is 7.22. The van der Waals surface area contributed by atoms with Crippen molar-refractivity contribution in [3.63, 3.8) is 0 Å². The van der Waals surface area contributed by atoms with E-state index in [1.807, 2.05) is 26.0 Å². The average molecular weight is 294 g/mol. The zero-order valence-electron chi connectivity index (χ0n) is 11.5. The number of thioether (sulfide) groups is 1. The van der Waals surface area contributed by atoms with Gasteiger partial charge in [-0.2, -0.15) is 0 Å². The molecule has 0 saturated heterocycles. The topological polar surface area (TPSA) is 85.9 Å². The molecule has 0 radical (unpaired) electrons. The normalized spacial score (nSPS) is 10.9. The average Bonchev–Trinajstić information content (AvgIpc) is 2.78. The summed E-state index contributed by atoms with van der Waals surface area (Å²) in [5.41, 5.74) is 6.13. The number of ether oxygens (including phenoxy) is 1. The van der Waals surface area contributed by atoms with E-state index in [0.717, 1.165) is 5.75 Å². The number of hydrogen-bond donors (Lipinski definition) is 2. The molecule has 0 spiro atoms. The van der Waals surface area contributed by atoms with Crippen molar-refractivity contribution >= 4 is 17.4 Å². The molecule has 0 unspecified atom stereocenters. The van der Waals surface area contributed by atoms with Gasteiger partial charge in [-0.3, -0.25) is 4.57 Å². The molecule has 6 nitrogen and oxygen atoms in total. The van der Waals surface area contributed by atoms with E-state index in [0.29, 0.717) is 23.2 Å². The first-order valence-electron chi connectivity index (χ1n) is 6.36. The number of rotatable bonds is 6. The summed E-state index contributed by atoms with van der Waals surface area (Å²) in [6.45, 7) is 4.44. The Kier molecular flexibility index (Phi) is 4.73. The van der Waals surface area contributed by atoms with Crippen LogP contribution >= 0.6 is 11.8 Å². The molecule has 0 fully saturated rings. The standard InChI is InChI=1S/C13H18N4O2S/c1-9(2)17-12(18)15-16-13(17)20-8-7-19-11-5-3-10(14)4-6-11/h3-6,9H,7-8,14H2,1-2H3,(H,15,18). The Labute approximate surface area is 121 Å². The van der Waals surface area contributed by atoms with Gasteiger partial charge in [0.15, 0.2) is 5.16 Å². The van der Waals surface area contributed by atoms with Gasteiger partial charge in [0.2, 0.25) is 0 Å². The van der Waals surface area contributed by atoms with E-state index in [1.54, 1.807) is 16.7 Å². The lowest BCUT2D eigenvalue weighted by Crippen LogP contribution is -2.19. The Hall–Kier alpha value is -1.89. The Morgan fingerprint density at radius 2 is 2.10 bits per heavy atom. The number of hydrogen-bond acceptors (Lipinski definition) is 5. The fraction of sp³-hybridized carbons (Fsp3) is 0.385. The third-order valence-corrected chi connectivity index (χ3v) is 3.57. The van der Waals surface area contributed by atoms with Crippen LogP contribution in [0.1, 0.15) is 19.9 Å². The summed E-state index contributed by atoms with van der Waals surface area (Å²) >= 11 is 1.49. The minimum absolute atomic E-state index is 0.0850. The summed E-state index contributed by atoms with van der Waals surface area (Å²) in [5, 5.41) is 7.16. The van der Waals surface area contributed by atoms with E-state index in [9.17, 15) is 4.79 Å². The molecule has 7 heteroatoms. The molecule has 2 rings (SSSR count). The Morgan fingerprint density at radius 3 is 2.75 bits per heavy atom. The number of benzene rings is 1. The van der Waals surface area contributed by atoms with Crippen LogP contribution in [0, 0.1) is 0 Å². The zero-order valence-corrected chi connectivity index (χ0v) is 12.3. The molecule has 0 atom stereocenters. The lowest BCUT2D eigenvalue weighted by Gasteiger charge is -2.09. The van der Waals surface area contributed by atoms with Crippen molar-refractivity contribution in [2.75, 3.05) is 18.1 Å². The molecule has 108 valence electrons. The quantitative estimate of drug-likeness (QED) is 0.483. The fourth-order valence-corrected chi connectivity index (χ4v) is 2.60. The number of aromatic nitrogens is 3. The third kappa shape index (κ3) is 3.57. The van der Waals surface area contributed by atoms with Gasteiger partial charge >= 0.3 is 5.69 Å². The number of aromatic amines is 1.